The molecule has 2 heteroatoms. The average molecular weight is 231 g/mol. The molecule has 0 amide bonds. The first-order valence-corrected chi connectivity index (χ1v) is 6.67. The van der Waals surface area contributed by atoms with Crippen molar-refractivity contribution in [2.45, 2.75) is 45.4 Å². The van der Waals surface area contributed by atoms with Crippen molar-refractivity contribution >= 4 is 5.78 Å². The smallest absolute Gasteiger partial charge is 0.136 e. The molecule has 1 heterocycles. The molecule has 0 saturated heterocycles. The quantitative estimate of drug-likeness (QED) is 0.794. The third-order valence-electron chi connectivity index (χ3n) is 3.77. The van der Waals surface area contributed by atoms with E-state index in [1.54, 1.807) is 6.20 Å². The monoisotopic (exact) mass is 231 g/mol. The molecule has 0 bridgehead atoms. The summed E-state index contributed by atoms with van der Waals surface area (Å²) in [5, 5.41) is 0. The highest BCUT2D eigenvalue weighted by Gasteiger charge is 2.24. The second-order valence-corrected chi connectivity index (χ2v) is 5.30. The maximum atomic E-state index is 12.1. The van der Waals surface area contributed by atoms with Gasteiger partial charge in [-0.3, -0.25) is 9.78 Å². The van der Waals surface area contributed by atoms with Gasteiger partial charge in [-0.05, 0) is 36.8 Å². The lowest BCUT2D eigenvalue weighted by atomic mass is 9.79. The van der Waals surface area contributed by atoms with Gasteiger partial charge in [0.15, 0.2) is 0 Å². The number of ketones is 1. The van der Waals surface area contributed by atoms with Gasteiger partial charge in [-0.2, -0.15) is 0 Å². The molecule has 1 fully saturated rings. The highest BCUT2D eigenvalue weighted by atomic mass is 16.1. The number of rotatable bonds is 4. The molecule has 1 aliphatic rings. The molecular formula is C15H21NO. The minimum Gasteiger partial charge on any atom is -0.299 e. The fourth-order valence-corrected chi connectivity index (χ4v) is 2.74. The van der Waals surface area contributed by atoms with Crippen molar-refractivity contribution in [3.05, 3.63) is 30.1 Å². The lowest BCUT2D eigenvalue weighted by molar-refractivity contribution is -0.124. The van der Waals surface area contributed by atoms with E-state index >= 15 is 0 Å². The molecule has 2 nitrogen and oxygen atoms in total. The fraction of sp³-hybridized carbons (Fsp3) is 0.600. The number of carbonyl (C=O) groups is 1. The van der Waals surface area contributed by atoms with E-state index in [0.717, 1.165) is 25.2 Å². The largest absolute Gasteiger partial charge is 0.299 e. The molecule has 92 valence electrons. The fourth-order valence-electron chi connectivity index (χ4n) is 2.74. The van der Waals surface area contributed by atoms with Gasteiger partial charge in [0.25, 0.3) is 0 Å². The number of hydrogen-bond donors (Lipinski definition) is 0. The van der Waals surface area contributed by atoms with Gasteiger partial charge in [0, 0.05) is 24.7 Å². The van der Waals surface area contributed by atoms with Gasteiger partial charge in [0.1, 0.15) is 5.78 Å². The maximum absolute atomic E-state index is 12.1. The van der Waals surface area contributed by atoms with E-state index in [0.29, 0.717) is 18.1 Å². The molecule has 1 aliphatic carbocycles. The Kier molecular flexibility index (Phi) is 4.29. The Morgan fingerprint density at radius 2 is 2.35 bits per heavy atom. The predicted octanol–water partition coefficient (Wildman–Crippen LogP) is 3.41. The summed E-state index contributed by atoms with van der Waals surface area (Å²) in [6, 6.07) is 3.98. The second kappa shape index (κ2) is 5.95. The average Bonchev–Trinajstić information content (AvgIpc) is 2.37. The summed E-state index contributed by atoms with van der Waals surface area (Å²) in [6.07, 6.45) is 9.89. The van der Waals surface area contributed by atoms with Crippen LogP contribution in [0.5, 0.6) is 0 Å². The predicted molar refractivity (Wildman–Crippen MR) is 68.7 cm³/mol. The van der Waals surface area contributed by atoms with Crippen LogP contribution in [0.2, 0.25) is 0 Å². The van der Waals surface area contributed by atoms with Crippen LogP contribution >= 0.6 is 0 Å². The van der Waals surface area contributed by atoms with Gasteiger partial charge < -0.3 is 0 Å². The van der Waals surface area contributed by atoms with Crippen molar-refractivity contribution in [1.29, 1.82) is 0 Å². The lowest BCUT2D eigenvalue weighted by Crippen LogP contribution is -2.22. The minimum atomic E-state index is 0.329. The van der Waals surface area contributed by atoms with Gasteiger partial charge in [0.2, 0.25) is 0 Å². The second-order valence-electron chi connectivity index (χ2n) is 5.30. The van der Waals surface area contributed by atoms with Gasteiger partial charge in [0.05, 0.1) is 0 Å². The van der Waals surface area contributed by atoms with Crippen LogP contribution in [0.15, 0.2) is 24.5 Å². The zero-order valence-corrected chi connectivity index (χ0v) is 10.6. The zero-order chi connectivity index (χ0) is 12.1. The highest BCUT2D eigenvalue weighted by Crippen LogP contribution is 2.30. The lowest BCUT2D eigenvalue weighted by Gasteiger charge is -2.25. The highest BCUT2D eigenvalue weighted by molar-refractivity contribution is 5.81. The Morgan fingerprint density at radius 1 is 1.47 bits per heavy atom. The molecular weight excluding hydrogens is 210 g/mol. The Balaban J connectivity index is 1.81. The van der Waals surface area contributed by atoms with E-state index in [4.69, 9.17) is 0 Å². The molecule has 17 heavy (non-hydrogen) atoms. The first-order chi connectivity index (χ1) is 8.25. The molecule has 2 atom stereocenters. The number of carbonyl (C=O) groups excluding carboxylic acids is 1. The van der Waals surface area contributed by atoms with Crippen LogP contribution in [0, 0.1) is 11.8 Å². The summed E-state index contributed by atoms with van der Waals surface area (Å²) in [7, 11) is 0. The molecule has 0 radical (unpaired) electrons. The summed E-state index contributed by atoms with van der Waals surface area (Å²) < 4.78 is 0. The molecule has 1 saturated carbocycles. The number of aryl methyl sites for hydroxylation is 1. The van der Waals surface area contributed by atoms with Crippen molar-refractivity contribution in [3.63, 3.8) is 0 Å². The third-order valence-corrected chi connectivity index (χ3v) is 3.77. The van der Waals surface area contributed by atoms with Crippen molar-refractivity contribution in [2.75, 3.05) is 0 Å². The first-order valence-electron chi connectivity index (χ1n) is 6.67. The maximum Gasteiger partial charge on any atom is 0.136 e. The van der Waals surface area contributed by atoms with Gasteiger partial charge in [-0.1, -0.05) is 25.8 Å². The van der Waals surface area contributed by atoms with Crippen LogP contribution in [-0.2, 0) is 11.2 Å². The SMILES string of the molecule is CC1CCCC(C(=O)CCc2cccnc2)C1. The first kappa shape index (κ1) is 12.3. The van der Waals surface area contributed by atoms with Crippen molar-refractivity contribution < 1.29 is 4.79 Å². The van der Waals surface area contributed by atoms with Gasteiger partial charge in [-0.15, -0.1) is 0 Å². The van der Waals surface area contributed by atoms with E-state index in [2.05, 4.69) is 11.9 Å². The summed E-state index contributed by atoms with van der Waals surface area (Å²) in [6.45, 7) is 2.26. The number of Topliss-reactive ketones (excluding diaryl/α,β-unsaturated/α-hetero) is 1. The Labute approximate surface area is 103 Å². The van der Waals surface area contributed by atoms with Crippen LogP contribution in [-0.4, -0.2) is 10.8 Å². The number of aromatic nitrogens is 1. The van der Waals surface area contributed by atoms with E-state index < -0.39 is 0 Å². The van der Waals surface area contributed by atoms with E-state index in [-0.39, 0.29) is 0 Å². The number of pyridine rings is 1. The topological polar surface area (TPSA) is 30.0 Å². The Bertz CT molecular complexity index is 360. The Morgan fingerprint density at radius 3 is 3.06 bits per heavy atom. The molecule has 2 unspecified atom stereocenters. The molecule has 1 aromatic heterocycles. The van der Waals surface area contributed by atoms with E-state index in [1.807, 2.05) is 18.3 Å². The van der Waals surface area contributed by atoms with Crippen molar-refractivity contribution in [1.82, 2.24) is 4.98 Å². The van der Waals surface area contributed by atoms with E-state index in [1.165, 1.54) is 18.4 Å². The molecule has 2 rings (SSSR count). The molecule has 0 N–H and O–H groups in total. The summed E-state index contributed by atoms with van der Waals surface area (Å²) in [5.41, 5.74) is 1.17. The normalized spacial score (nSPS) is 24.5. The van der Waals surface area contributed by atoms with Crippen molar-refractivity contribution in [3.8, 4) is 0 Å². The molecule has 0 spiro atoms. The molecule has 0 aliphatic heterocycles. The standard InChI is InChI=1S/C15H21NO/c1-12-4-2-6-14(10-12)15(17)8-7-13-5-3-9-16-11-13/h3,5,9,11-12,14H,2,4,6-8,10H2,1H3. The van der Waals surface area contributed by atoms with Crippen LogP contribution < -0.4 is 0 Å². The Hall–Kier alpha value is -1.18. The van der Waals surface area contributed by atoms with E-state index in [9.17, 15) is 4.79 Å². The van der Waals surface area contributed by atoms with Gasteiger partial charge >= 0.3 is 0 Å². The van der Waals surface area contributed by atoms with Crippen molar-refractivity contribution in [2.24, 2.45) is 11.8 Å². The third kappa shape index (κ3) is 3.65. The van der Waals surface area contributed by atoms with Crippen LogP contribution in [0.1, 0.15) is 44.6 Å². The van der Waals surface area contributed by atoms with Gasteiger partial charge in [-0.25, -0.2) is 0 Å². The summed E-state index contributed by atoms with van der Waals surface area (Å²) in [4.78, 5) is 16.2. The van der Waals surface area contributed by atoms with Crippen LogP contribution in [0.4, 0.5) is 0 Å². The minimum absolute atomic E-state index is 0.329. The summed E-state index contributed by atoms with van der Waals surface area (Å²) in [5.74, 6) is 1.52. The summed E-state index contributed by atoms with van der Waals surface area (Å²) >= 11 is 0. The number of nitrogens with zero attached hydrogens (tertiary/aromatic N) is 1. The van der Waals surface area contributed by atoms with Crippen LogP contribution in [0.3, 0.4) is 0 Å². The number of hydrogen-bond acceptors (Lipinski definition) is 2. The zero-order valence-electron chi connectivity index (χ0n) is 10.6. The molecule has 0 aromatic carbocycles. The van der Waals surface area contributed by atoms with Crippen LogP contribution in [0.25, 0.3) is 0 Å². The molecule has 1 aromatic rings.